The fourth-order valence-electron chi connectivity index (χ4n) is 3.98. The zero-order chi connectivity index (χ0) is 18.4. The fourth-order valence-corrected chi connectivity index (χ4v) is 3.98. The molecule has 4 unspecified atom stereocenters. The molecule has 3 heteroatoms. The Morgan fingerprint density at radius 3 is 2.31 bits per heavy atom. The molecule has 2 aromatic rings. The lowest BCUT2D eigenvalue weighted by Crippen LogP contribution is -2.48. The minimum absolute atomic E-state index is 0.0901. The Balaban J connectivity index is 1.98. The molecule has 3 nitrogen and oxygen atoms in total. The second-order valence-electron chi connectivity index (χ2n) is 7.10. The molecule has 1 N–H and O–H groups in total. The molecule has 26 heavy (non-hydrogen) atoms. The molecule has 0 radical (unpaired) electrons. The van der Waals surface area contributed by atoms with Crippen LogP contribution in [0.15, 0.2) is 60.7 Å². The van der Waals surface area contributed by atoms with Crippen molar-refractivity contribution in [1.29, 1.82) is 0 Å². The zero-order valence-electron chi connectivity index (χ0n) is 15.8. The number of rotatable bonds is 7. The van der Waals surface area contributed by atoms with E-state index in [4.69, 9.17) is 9.47 Å². The summed E-state index contributed by atoms with van der Waals surface area (Å²) in [5.41, 5.74) is 1.67. The minimum Gasteiger partial charge on any atom is -0.382 e. The summed E-state index contributed by atoms with van der Waals surface area (Å²) in [5, 5.41) is 11.3. The minimum atomic E-state index is -1.16. The number of benzene rings is 2. The molecule has 1 fully saturated rings. The number of hydrogen-bond acceptors (Lipinski definition) is 3. The summed E-state index contributed by atoms with van der Waals surface area (Å²) in [6, 6.07) is 19.5. The van der Waals surface area contributed by atoms with Gasteiger partial charge in [0.1, 0.15) is 6.10 Å². The summed E-state index contributed by atoms with van der Waals surface area (Å²) in [6.07, 6.45) is 3.42. The van der Waals surface area contributed by atoms with Crippen LogP contribution in [0.4, 0.5) is 0 Å². The first kappa shape index (κ1) is 19.1. The van der Waals surface area contributed by atoms with Gasteiger partial charge in [0.25, 0.3) is 0 Å². The summed E-state index contributed by atoms with van der Waals surface area (Å²) in [4.78, 5) is 0. The molecule has 2 aromatic carbocycles. The van der Waals surface area contributed by atoms with Gasteiger partial charge in [-0.2, -0.15) is 0 Å². The average Bonchev–Trinajstić information content (AvgIpc) is 2.72. The molecule has 1 aliphatic heterocycles. The normalized spacial score (nSPS) is 25.6. The van der Waals surface area contributed by atoms with Gasteiger partial charge in [-0.25, -0.2) is 0 Å². The Morgan fingerprint density at radius 1 is 1.04 bits per heavy atom. The summed E-state index contributed by atoms with van der Waals surface area (Å²) >= 11 is 0. The second-order valence-corrected chi connectivity index (χ2v) is 7.10. The molecular formula is C23H30O3. The van der Waals surface area contributed by atoms with Crippen LogP contribution in [-0.4, -0.2) is 17.8 Å². The number of ether oxygens (including phenoxy) is 2. The molecule has 140 valence electrons. The van der Waals surface area contributed by atoms with Crippen molar-refractivity contribution in [2.75, 3.05) is 6.61 Å². The first-order valence-corrected chi connectivity index (χ1v) is 9.81. The van der Waals surface area contributed by atoms with Crippen LogP contribution in [0.5, 0.6) is 0 Å². The Hall–Kier alpha value is -1.68. The maximum atomic E-state index is 11.3. The van der Waals surface area contributed by atoms with Crippen LogP contribution in [0.2, 0.25) is 0 Å². The molecule has 0 amide bonds. The van der Waals surface area contributed by atoms with E-state index in [1.165, 1.54) is 0 Å². The van der Waals surface area contributed by atoms with Gasteiger partial charge in [-0.05, 0) is 24.3 Å². The number of aliphatic hydroxyl groups excluding tert-OH is 1. The third-order valence-corrected chi connectivity index (χ3v) is 5.41. The smallest absolute Gasteiger partial charge is 0.226 e. The van der Waals surface area contributed by atoms with Gasteiger partial charge in [0.05, 0.1) is 12.7 Å². The van der Waals surface area contributed by atoms with Crippen molar-refractivity contribution in [1.82, 2.24) is 0 Å². The Labute approximate surface area is 157 Å². The maximum Gasteiger partial charge on any atom is 0.226 e. The molecule has 0 spiro atoms. The third kappa shape index (κ3) is 3.85. The van der Waals surface area contributed by atoms with Gasteiger partial charge >= 0.3 is 0 Å². The Morgan fingerprint density at radius 2 is 1.69 bits per heavy atom. The van der Waals surface area contributed by atoms with Gasteiger partial charge in [-0.1, -0.05) is 87.4 Å². The molecular weight excluding hydrogens is 324 g/mol. The van der Waals surface area contributed by atoms with Gasteiger partial charge in [0, 0.05) is 5.56 Å². The molecule has 1 heterocycles. The van der Waals surface area contributed by atoms with Crippen molar-refractivity contribution < 1.29 is 14.6 Å². The lowest BCUT2D eigenvalue weighted by molar-refractivity contribution is -0.349. The van der Waals surface area contributed by atoms with Crippen molar-refractivity contribution in [3.63, 3.8) is 0 Å². The summed E-state index contributed by atoms with van der Waals surface area (Å²) in [7, 11) is 0. The van der Waals surface area contributed by atoms with Gasteiger partial charge in [-0.3, -0.25) is 0 Å². The topological polar surface area (TPSA) is 38.7 Å². The van der Waals surface area contributed by atoms with E-state index >= 15 is 0 Å². The maximum absolute atomic E-state index is 11.3. The van der Waals surface area contributed by atoms with Gasteiger partial charge in [-0.15, -0.1) is 0 Å². The van der Waals surface area contributed by atoms with Crippen LogP contribution in [0, 0.1) is 5.92 Å². The number of hydrogen-bond donors (Lipinski definition) is 1. The van der Waals surface area contributed by atoms with Crippen molar-refractivity contribution in [2.24, 2.45) is 5.92 Å². The predicted octanol–water partition coefficient (Wildman–Crippen LogP) is 5.20. The summed E-state index contributed by atoms with van der Waals surface area (Å²) in [6.45, 7) is 5.02. The SMILES string of the molecule is CCCC(CC)C1CCOC(c2ccccc2)(C(O)c2ccccc2)O1. The van der Waals surface area contributed by atoms with Crippen molar-refractivity contribution in [2.45, 2.75) is 57.5 Å². The first-order valence-electron chi connectivity index (χ1n) is 9.81. The van der Waals surface area contributed by atoms with Crippen LogP contribution in [0.1, 0.15) is 56.8 Å². The van der Waals surface area contributed by atoms with E-state index in [0.29, 0.717) is 12.5 Å². The van der Waals surface area contributed by atoms with Crippen LogP contribution in [0.3, 0.4) is 0 Å². The van der Waals surface area contributed by atoms with Gasteiger partial charge in [0.15, 0.2) is 0 Å². The third-order valence-electron chi connectivity index (χ3n) is 5.41. The monoisotopic (exact) mass is 354 g/mol. The zero-order valence-corrected chi connectivity index (χ0v) is 15.8. The predicted molar refractivity (Wildman–Crippen MR) is 104 cm³/mol. The van der Waals surface area contributed by atoms with Gasteiger partial charge in [0.2, 0.25) is 5.79 Å². The Kier molecular flexibility index (Phi) is 6.47. The highest BCUT2D eigenvalue weighted by atomic mass is 16.7. The fraction of sp³-hybridized carbons (Fsp3) is 0.478. The highest BCUT2D eigenvalue weighted by molar-refractivity contribution is 5.28. The van der Waals surface area contributed by atoms with E-state index in [-0.39, 0.29) is 6.10 Å². The van der Waals surface area contributed by atoms with Crippen LogP contribution in [-0.2, 0) is 15.3 Å². The molecule has 0 aliphatic carbocycles. The van der Waals surface area contributed by atoms with E-state index in [0.717, 1.165) is 36.8 Å². The van der Waals surface area contributed by atoms with Crippen LogP contribution >= 0.6 is 0 Å². The van der Waals surface area contributed by atoms with Crippen molar-refractivity contribution in [3.05, 3.63) is 71.8 Å². The van der Waals surface area contributed by atoms with Crippen molar-refractivity contribution in [3.8, 4) is 0 Å². The molecule has 0 bridgehead atoms. The Bertz CT molecular complexity index is 658. The van der Waals surface area contributed by atoms with E-state index in [1.54, 1.807) is 0 Å². The largest absolute Gasteiger partial charge is 0.382 e. The lowest BCUT2D eigenvalue weighted by atomic mass is 9.88. The average molecular weight is 354 g/mol. The highest BCUT2D eigenvalue weighted by Gasteiger charge is 2.48. The van der Waals surface area contributed by atoms with Gasteiger partial charge < -0.3 is 14.6 Å². The highest BCUT2D eigenvalue weighted by Crippen LogP contribution is 2.45. The van der Waals surface area contributed by atoms with E-state index in [9.17, 15) is 5.11 Å². The molecule has 4 atom stereocenters. The molecule has 3 rings (SSSR count). The van der Waals surface area contributed by atoms with Crippen LogP contribution < -0.4 is 0 Å². The second kappa shape index (κ2) is 8.81. The molecule has 0 saturated carbocycles. The molecule has 0 aromatic heterocycles. The standard InChI is InChI=1S/C23H30O3/c1-3-11-18(4-2)21-16-17-25-23(26-21,20-14-9-6-10-15-20)22(24)19-12-7-5-8-13-19/h5-10,12-15,18,21-22,24H,3-4,11,16-17H2,1-2H3. The quantitative estimate of drug-likeness (QED) is 0.742. The van der Waals surface area contributed by atoms with E-state index in [1.807, 2.05) is 60.7 Å². The molecule has 1 saturated heterocycles. The van der Waals surface area contributed by atoms with Crippen molar-refractivity contribution >= 4 is 0 Å². The van der Waals surface area contributed by atoms with E-state index in [2.05, 4.69) is 13.8 Å². The summed E-state index contributed by atoms with van der Waals surface area (Å²) < 4.78 is 12.8. The van der Waals surface area contributed by atoms with Crippen LogP contribution in [0.25, 0.3) is 0 Å². The van der Waals surface area contributed by atoms with E-state index < -0.39 is 11.9 Å². The lowest BCUT2D eigenvalue weighted by Gasteiger charge is -2.46. The molecule has 1 aliphatic rings. The summed E-state index contributed by atoms with van der Waals surface area (Å²) in [5.74, 6) is -0.679. The first-order chi connectivity index (χ1) is 12.7. The number of aliphatic hydroxyl groups is 1.